The van der Waals surface area contributed by atoms with E-state index in [0.717, 1.165) is 51.5 Å². The van der Waals surface area contributed by atoms with Crippen LogP contribution in [0.2, 0.25) is 0 Å². The Morgan fingerprint density at radius 1 is 1.42 bits per heavy atom. The van der Waals surface area contributed by atoms with Crippen molar-refractivity contribution < 1.29 is 4.79 Å². The Bertz CT molecular complexity index is 440. The Hall–Kier alpha value is -1.62. The maximum absolute atomic E-state index is 11.6. The average molecular weight is 262 g/mol. The van der Waals surface area contributed by atoms with Crippen LogP contribution in [0.1, 0.15) is 19.2 Å². The molecule has 0 saturated carbocycles. The molecule has 0 aliphatic carbocycles. The highest BCUT2D eigenvalue weighted by Crippen LogP contribution is 2.08. The molecule has 2 heterocycles. The topological polar surface area (TPSA) is 41.4 Å². The van der Waals surface area contributed by atoms with Crippen LogP contribution < -0.4 is 0 Å². The smallest absolute Gasteiger partial charge is 0.245 e. The summed E-state index contributed by atoms with van der Waals surface area (Å²) < 4.78 is 2.16. The lowest BCUT2D eigenvalue weighted by atomic mass is 10.3. The lowest BCUT2D eigenvalue weighted by molar-refractivity contribution is -0.125. The predicted octanol–water partition coefficient (Wildman–Crippen LogP) is 1.12. The predicted molar refractivity (Wildman–Crippen MR) is 74.6 cm³/mol. The van der Waals surface area contributed by atoms with Crippen LogP contribution in [0.5, 0.6) is 0 Å². The third-order valence-corrected chi connectivity index (χ3v) is 3.58. The number of carbonyl (C=O) groups excluding carboxylic acids is 1. The molecular weight excluding hydrogens is 240 g/mol. The zero-order valence-corrected chi connectivity index (χ0v) is 11.6. The van der Waals surface area contributed by atoms with Crippen LogP contribution in [-0.2, 0) is 17.9 Å². The first kappa shape index (κ1) is 13.8. The molecule has 1 aromatic heterocycles. The van der Waals surface area contributed by atoms with E-state index in [4.69, 9.17) is 0 Å². The lowest BCUT2D eigenvalue weighted by Crippen LogP contribution is -2.34. The van der Waals surface area contributed by atoms with Gasteiger partial charge in [-0.05, 0) is 19.4 Å². The average Bonchev–Trinajstić information content (AvgIpc) is 2.74. The van der Waals surface area contributed by atoms with Crippen LogP contribution in [0, 0.1) is 0 Å². The highest BCUT2D eigenvalue weighted by atomic mass is 16.2. The third-order valence-electron chi connectivity index (χ3n) is 3.58. The van der Waals surface area contributed by atoms with Gasteiger partial charge < -0.3 is 9.47 Å². The van der Waals surface area contributed by atoms with Crippen molar-refractivity contribution in [2.24, 2.45) is 0 Å². The van der Waals surface area contributed by atoms with Gasteiger partial charge in [-0.1, -0.05) is 6.58 Å². The molecule has 0 spiro atoms. The summed E-state index contributed by atoms with van der Waals surface area (Å²) in [5, 5.41) is 0. The summed E-state index contributed by atoms with van der Waals surface area (Å²) in [5.41, 5.74) is 0. The van der Waals surface area contributed by atoms with Crippen molar-refractivity contribution in [1.82, 2.24) is 19.4 Å². The van der Waals surface area contributed by atoms with Crippen LogP contribution >= 0.6 is 0 Å². The van der Waals surface area contributed by atoms with Gasteiger partial charge in [-0.3, -0.25) is 9.69 Å². The standard InChI is InChI=1S/C14H22N4O/c1-3-14(19)18-8-5-7-16(10-11-18)12-13-15-6-9-17(13)4-2/h3,6,9H,1,4-5,7-8,10-12H2,2H3. The molecule has 5 heteroatoms. The number of amides is 1. The zero-order valence-electron chi connectivity index (χ0n) is 11.6. The molecule has 0 bridgehead atoms. The van der Waals surface area contributed by atoms with Crippen LogP contribution in [0.4, 0.5) is 0 Å². The molecule has 0 unspecified atom stereocenters. The van der Waals surface area contributed by atoms with E-state index in [2.05, 4.69) is 28.0 Å². The Balaban J connectivity index is 1.92. The lowest BCUT2D eigenvalue weighted by Gasteiger charge is -2.21. The summed E-state index contributed by atoms with van der Waals surface area (Å²) in [6.07, 6.45) is 6.27. The van der Waals surface area contributed by atoms with Gasteiger partial charge in [0.2, 0.25) is 5.91 Å². The number of aryl methyl sites for hydroxylation is 1. The minimum absolute atomic E-state index is 0.0388. The van der Waals surface area contributed by atoms with E-state index in [1.54, 1.807) is 0 Å². The maximum Gasteiger partial charge on any atom is 0.245 e. The fourth-order valence-corrected chi connectivity index (χ4v) is 2.46. The van der Waals surface area contributed by atoms with E-state index in [9.17, 15) is 4.79 Å². The van der Waals surface area contributed by atoms with Crippen LogP contribution in [0.15, 0.2) is 25.0 Å². The fourth-order valence-electron chi connectivity index (χ4n) is 2.46. The molecule has 0 radical (unpaired) electrons. The van der Waals surface area contributed by atoms with Gasteiger partial charge in [0, 0.05) is 45.1 Å². The second kappa shape index (κ2) is 6.52. The summed E-state index contributed by atoms with van der Waals surface area (Å²) >= 11 is 0. The van der Waals surface area contributed by atoms with E-state index in [-0.39, 0.29) is 5.91 Å². The molecule has 1 aromatic rings. The molecule has 2 rings (SSSR count). The van der Waals surface area contributed by atoms with Crippen LogP contribution in [-0.4, -0.2) is 51.4 Å². The van der Waals surface area contributed by atoms with Gasteiger partial charge in [-0.2, -0.15) is 0 Å². The monoisotopic (exact) mass is 262 g/mol. The van der Waals surface area contributed by atoms with Crippen molar-refractivity contribution in [3.63, 3.8) is 0 Å². The van der Waals surface area contributed by atoms with Gasteiger partial charge in [-0.25, -0.2) is 4.98 Å². The molecule has 1 aliphatic heterocycles. The molecule has 1 amide bonds. The van der Waals surface area contributed by atoms with Gasteiger partial charge >= 0.3 is 0 Å². The van der Waals surface area contributed by atoms with Crippen molar-refractivity contribution >= 4 is 5.91 Å². The van der Waals surface area contributed by atoms with Crippen molar-refractivity contribution in [2.45, 2.75) is 26.4 Å². The quantitative estimate of drug-likeness (QED) is 0.764. The molecular formula is C14H22N4O. The largest absolute Gasteiger partial charge is 0.338 e. The highest BCUT2D eigenvalue weighted by molar-refractivity contribution is 5.86. The van der Waals surface area contributed by atoms with Crippen molar-refractivity contribution in [1.29, 1.82) is 0 Å². The number of hydrogen-bond donors (Lipinski definition) is 0. The summed E-state index contributed by atoms with van der Waals surface area (Å²) in [4.78, 5) is 20.3. The van der Waals surface area contributed by atoms with E-state index < -0.39 is 0 Å². The minimum Gasteiger partial charge on any atom is -0.338 e. The Labute approximate surface area is 114 Å². The van der Waals surface area contributed by atoms with Crippen LogP contribution in [0.25, 0.3) is 0 Å². The number of carbonyl (C=O) groups is 1. The third kappa shape index (κ3) is 3.44. The first-order valence-corrected chi connectivity index (χ1v) is 6.88. The van der Waals surface area contributed by atoms with E-state index >= 15 is 0 Å². The summed E-state index contributed by atoms with van der Waals surface area (Å²) in [6.45, 7) is 11.0. The van der Waals surface area contributed by atoms with E-state index in [1.807, 2.05) is 17.3 Å². The summed E-state index contributed by atoms with van der Waals surface area (Å²) in [6, 6.07) is 0. The second-order valence-corrected chi connectivity index (χ2v) is 4.79. The number of nitrogens with zero attached hydrogens (tertiary/aromatic N) is 4. The highest BCUT2D eigenvalue weighted by Gasteiger charge is 2.18. The van der Waals surface area contributed by atoms with Gasteiger partial charge in [-0.15, -0.1) is 0 Å². The summed E-state index contributed by atoms with van der Waals surface area (Å²) in [7, 11) is 0. The van der Waals surface area contributed by atoms with Gasteiger partial charge in [0.05, 0.1) is 6.54 Å². The number of aromatic nitrogens is 2. The molecule has 1 saturated heterocycles. The Morgan fingerprint density at radius 3 is 3.00 bits per heavy atom. The second-order valence-electron chi connectivity index (χ2n) is 4.79. The Morgan fingerprint density at radius 2 is 2.26 bits per heavy atom. The van der Waals surface area contributed by atoms with Crippen molar-refractivity contribution in [2.75, 3.05) is 26.2 Å². The van der Waals surface area contributed by atoms with Gasteiger partial charge in [0.15, 0.2) is 0 Å². The van der Waals surface area contributed by atoms with Crippen molar-refractivity contribution in [3.05, 3.63) is 30.9 Å². The molecule has 1 fully saturated rings. The number of rotatable bonds is 4. The molecule has 0 atom stereocenters. The number of hydrogen-bond acceptors (Lipinski definition) is 3. The zero-order chi connectivity index (χ0) is 13.7. The molecule has 5 nitrogen and oxygen atoms in total. The fraction of sp³-hybridized carbons (Fsp3) is 0.571. The van der Waals surface area contributed by atoms with Gasteiger partial charge in [0.25, 0.3) is 0 Å². The van der Waals surface area contributed by atoms with Crippen molar-refractivity contribution in [3.8, 4) is 0 Å². The number of imidazole rings is 1. The molecule has 104 valence electrons. The molecule has 19 heavy (non-hydrogen) atoms. The minimum atomic E-state index is 0.0388. The Kier molecular flexibility index (Phi) is 4.74. The van der Waals surface area contributed by atoms with Crippen LogP contribution in [0.3, 0.4) is 0 Å². The van der Waals surface area contributed by atoms with E-state index in [0.29, 0.717) is 0 Å². The molecule has 1 aliphatic rings. The van der Waals surface area contributed by atoms with E-state index in [1.165, 1.54) is 6.08 Å². The molecule has 0 N–H and O–H groups in total. The maximum atomic E-state index is 11.6. The first-order chi connectivity index (χ1) is 9.24. The SMILES string of the molecule is C=CC(=O)N1CCCN(Cc2nccn2CC)CC1. The first-order valence-electron chi connectivity index (χ1n) is 6.88. The summed E-state index contributed by atoms with van der Waals surface area (Å²) in [5.74, 6) is 1.14. The van der Waals surface area contributed by atoms with Gasteiger partial charge in [0.1, 0.15) is 5.82 Å². The molecule has 0 aromatic carbocycles. The normalized spacial score (nSPS) is 17.2.